The average Bonchev–Trinajstić information content (AvgIpc) is 2.13. The van der Waals surface area contributed by atoms with Crippen molar-refractivity contribution in [3.8, 4) is 6.07 Å². The third-order valence-electron chi connectivity index (χ3n) is 1.00. The molecule has 0 aliphatic carbocycles. The maximum atomic E-state index is 8.35. The van der Waals surface area contributed by atoms with Gasteiger partial charge in [0.25, 0.3) is 0 Å². The van der Waals surface area contributed by atoms with E-state index >= 15 is 0 Å². The van der Waals surface area contributed by atoms with Gasteiger partial charge in [0, 0.05) is 0 Å². The largest absolute Gasteiger partial charge is 0.244 e. The summed E-state index contributed by atoms with van der Waals surface area (Å²) in [5.41, 5.74) is 0.852. The number of nitriles is 1. The Morgan fingerprint density at radius 3 is 2.90 bits per heavy atom. The number of rotatable bonds is 1. The Morgan fingerprint density at radius 1 is 1.80 bits per heavy atom. The molecular weight excluding hydrogens is 212 g/mol. The molecule has 10 heavy (non-hydrogen) atoms. The van der Waals surface area contributed by atoms with Crippen molar-refractivity contribution in [2.45, 2.75) is 13.3 Å². The van der Waals surface area contributed by atoms with Crippen LogP contribution < -0.4 is 0 Å². The van der Waals surface area contributed by atoms with E-state index in [1.54, 1.807) is 11.3 Å². The molecule has 2 nitrogen and oxygen atoms in total. The minimum atomic E-state index is 0.394. The predicted octanol–water partition coefficient (Wildman–Crippen LogP) is 2.28. The second-order valence-corrected chi connectivity index (χ2v) is 4.31. The van der Waals surface area contributed by atoms with Gasteiger partial charge in [0.2, 0.25) is 0 Å². The van der Waals surface area contributed by atoms with Crippen molar-refractivity contribution in [2.75, 3.05) is 0 Å². The lowest BCUT2D eigenvalue weighted by molar-refractivity contribution is 1.11. The molecule has 0 saturated heterocycles. The second kappa shape index (κ2) is 3.13. The van der Waals surface area contributed by atoms with Gasteiger partial charge in [-0.25, -0.2) is 4.98 Å². The molecule has 0 saturated carbocycles. The zero-order valence-electron chi connectivity index (χ0n) is 5.39. The lowest BCUT2D eigenvalue weighted by Gasteiger charge is -1.82. The summed E-state index contributed by atoms with van der Waals surface area (Å²) in [6.45, 7) is 1.93. The number of halogens is 1. The van der Waals surface area contributed by atoms with Gasteiger partial charge < -0.3 is 0 Å². The Hall–Kier alpha value is -0.400. The summed E-state index contributed by atoms with van der Waals surface area (Å²) in [6, 6.07) is 2.05. The number of nitrogens with zero attached hydrogens (tertiary/aromatic N) is 2. The third kappa shape index (κ3) is 1.55. The van der Waals surface area contributed by atoms with Crippen LogP contribution >= 0.6 is 27.3 Å². The summed E-state index contributed by atoms with van der Waals surface area (Å²) < 4.78 is 0.978. The Bertz CT molecular complexity index is 274. The number of hydrogen-bond acceptors (Lipinski definition) is 3. The van der Waals surface area contributed by atoms with Crippen LogP contribution in [-0.2, 0) is 6.42 Å². The van der Waals surface area contributed by atoms with Gasteiger partial charge in [0.15, 0.2) is 0 Å². The quantitative estimate of drug-likeness (QED) is 0.723. The van der Waals surface area contributed by atoms with Gasteiger partial charge in [-0.1, -0.05) is 0 Å². The molecule has 0 N–H and O–H groups in total. The number of thiazole rings is 1. The molecule has 0 unspecified atom stereocenters. The highest BCUT2D eigenvalue weighted by Crippen LogP contribution is 2.24. The first-order chi connectivity index (χ1) is 4.74. The first-order valence-corrected chi connectivity index (χ1v) is 4.33. The van der Waals surface area contributed by atoms with Crippen molar-refractivity contribution in [1.29, 1.82) is 5.26 Å². The molecule has 0 aromatic carbocycles. The van der Waals surface area contributed by atoms with Gasteiger partial charge in [0.1, 0.15) is 0 Å². The number of hydrogen-bond donors (Lipinski definition) is 0. The van der Waals surface area contributed by atoms with E-state index < -0.39 is 0 Å². The van der Waals surface area contributed by atoms with E-state index in [1.165, 1.54) is 0 Å². The molecule has 0 aliphatic rings. The summed E-state index contributed by atoms with van der Waals surface area (Å²) in [6.07, 6.45) is 0.394. The fourth-order valence-electron chi connectivity index (χ4n) is 0.629. The van der Waals surface area contributed by atoms with Crippen LogP contribution in [0.25, 0.3) is 0 Å². The van der Waals surface area contributed by atoms with E-state index in [-0.39, 0.29) is 0 Å². The zero-order valence-corrected chi connectivity index (χ0v) is 7.79. The number of aromatic nitrogens is 1. The minimum absolute atomic E-state index is 0.394. The average molecular weight is 217 g/mol. The van der Waals surface area contributed by atoms with Gasteiger partial charge in [-0.05, 0) is 22.9 Å². The van der Waals surface area contributed by atoms with Crippen LogP contribution in [0.1, 0.15) is 10.7 Å². The monoisotopic (exact) mass is 216 g/mol. The van der Waals surface area contributed by atoms with Crippen LogP contribution in [0.3, 0.4) is 0 Å². The molecule has 1 heterocycles. The van der Waals surface area contributed by atoms with Gasteiger partial charge in [0.05, 0.1) is 27.0 Å². The molecule has 1 aromatic heterocycles. The Morgan fingerprint density at radius 2 is 2.50 bits per heavy atom. The maximum absolute atomic E-state index is 8.35. The van der Waals surface area contributed by atoms with Crippen molar-refractivity contribution < 1.29 is 0 Å². The summed E-state index contributed by atoms with van der Waals surface area (Å²) >= 11 is 4.89. The molecule has 0 bridgehead atoms. The fourth-order valence-corrected chi connectivity index (χ4v) is 2.21. The first-order valence-electron chi connectivity index (χ1n) is 2.73. The highest BCUT2D eigenvalue weighted by atomic mass is 79.9. The van der Waals surface area contributed by atoms with E-state index in [1.807, 2.05) is 6.92 Å². The molecule has 52 valence electrons. The van der Waals surface area contributed by atoms with Crippen molar-refractivity contribution in [3.63, 3.8) is 0 Å². The fraction of sp³-hybridized carbons (Fsp3) is 0.333. The normalized spacial score (nSPS) is 9.30. The minimum Gasteiger partial charge on any atom is -0.244 e. The van der Waals surface area contributed by atoms with Crippen LogP contribution in [-0.4, -0.2) is 4.98 Å². The molecular formula is C6H5BrN2S. The van der Waals surface area contributed by atoms with Crippen LogP contribution in [0, 0.1) is 18.3 Å². The van der Waals surface area contributed by atoms with Crippen LogP contribution in [0.15, 0.2) is 3.79 Å². The topological polar surface area (TPSA) is 36.7 Å². The lowest BCUT2D eigenvalue weighted by Crippen LogP contribution is -1.81. The molecule has 1 aromatic rings. The summed E-state index contributed by atoms with van der Waals surface area (Å²) in [4.78, 5) is 4.15. The van der Waals surface area contributed by atoms with E-state index in [2.05, 4.69) is 27.0 Å². The Balaban J connectivity index is 2.94. The molecule has 0 atom stereocenters. The van der Waals surface area contributed by atoms with Crippen LogP contribution in [0.2, 0.25) is 0 Å². The number of aryl methyl sites for hydroxylation is 1. The molecule has 4 heteroatoms. The van der Waals surface area contributed by atoms with Gasteiger partial charge >= 0.3 is 0 Å². The summed E-state index contributed by atoms with van der Waals surface area (Å²) in [5, 5.41) is 9.34. The van der Waals surface area contributed by atoms with Crippen molar-refractivity contribution >= 4 is 27.3 Å². The van der Waals surface area contributed by atoms with E-state index in [0.29, 0.717) is 6.42 Å². The zero-order chi connectivity index (χ0) is 7.56. The molecule has 0 radical (unpaired) electrons. The Kier molecular flexibility index (Phi) is 2.41. The molecule has 0 amide bonds. The summed E-state index contributed by atoms with van der Waals surface area (Å²) in [7, 11) is 0. The second-order valence-electron chi connectivity index (χ2n) is 1.79. The van der Waals surface area contributed by atoms with Crippen molar-refractivity contribution in [3.05, 3.63) is 14.5 Å². The summed E-state index contributed by atoms with van der Waals surface area (Å²) in [5.74, 6) is 0. The Labute approximate surface area is 71.6 Å². The predicted molar refractivity (Wildman–Crippen MR) is 43.9 cm³/mol. The van der Waals surface area contributed by atoms with Gasteiger partial charge in [-0.3, -0.25) is 0 Å². The molecule has 0 aliphatic heterocycles. The van der Waals surface area contributed by atoms with Gasteiger partial charge in [-0.15, -0.1) is 11.3 Å². The standard InChI is InChI=1S/C6H5BrN2S/c1-4-9-5(2-3-8)6(7)10-4/h2H2,1H3. The smallest absolute Gasteiger partial charge is 0.0942 e. The van der Waals surface area contributed by atoms with Crippen LogP contribution in [0.4, 0.5) is 0 Å². The molecule has 1 rings (SSSR count). The third-order valence-corrected chi connectivity index (χ3v) is 2.75. The van der Waals surface area contributed by atoms with E-state index in [4.69, 9.17) is 5.26 Å². The highest BCUT2D eigenvalue weighted by Gasteiger charge is 2.03. The SMILES string of the molecule is Cc1nc(CC#N)c(Br)s1. The molecule has 0 fully saturated rings. The molecule has 0 spiro atoms. The maximum Gasteiger partial charge on any atom is 0.0942 e. The lowest BCUT2D eigenvalue weighted by atomic mass is 10.4. The van der Waals surface area contributed by atoms with Gasteiger partial charge in [-0.2, -0.15) is 5.26 Å². The van der Waals surface area contributed by atoms with Crippen LogP contribution in [0.5, 0.6) is 0 Å². The first kappa shape index (κ1) is 7.70. The van der Waals surface area contributed by atoms with Crippen molar-refractivity contribution in [1.82, 2.24) is 4.98 Å². The highest BCUT2D eigenvalue weighted by molar-refractivity contribution is 9.11. The van der Waals surface area contributed by atoms with E-state index in [9.17, 15) is 0 Å². The van der Waals surface area contributed by atoms with Crippen molar-refractivity contribution in [2.24, 2.45) is 0 Å². The van der Waals surface area contributed by atoms with E-state index in [0.717, 1.165) is 14.5 Å².